The first-order valence-corrected chi connectivity index (χ1v) is 8.82. The van der Waals surface area contributed by atoms with E-state index in [1.54, 1.807) is 20.7 Å². The number of rotatable bonds is 5. The smallest absolute Gasteiger partial charge is 0.225 e. The molecular formula is C16H20N5S2+. The molecular weight excluding hydrogens is 326 g/mol. The lowest BCUT2D eigenvalue weighted by atomic mass is 10.1. The number of hydrogen-bond donors (Lipinski definition) is 1. The monoisotopic (exact) mass is 346 g/mol. The van der Waals surface area contributed by atoms with E-state index in [9.17, 15) is 0 Å². The summed E-state index contributed by atoms with van der Waals surface area (Å²) in [6.07, 6.45) is 0. The summed E-state index contributed by atoms with van der Waals surface area (Å²) in [5, 5.41) is 12.8. The quantitative estimate of drug-likeness (QED) is 0.720. The van der Waals surface area contributed by atoms with Crippen LogP contribution in [-0.4, -0.2) is 26.8 Å². The maximum atomic E-state index is 5.57. The van der Waals surface area contributed by atoms with E-state index in [0.29, 0.717) is 11.4 Å². The third-order valence-corrected chi connectivity index (χ3v) is 4.85. The standard InChI is InChI=1S/C16H19N5S2/c1-12-4-5-13(2)15(8-12)21-16(22)20(17-18-21)11-19(3)9-14-6-7-23-10-14/h4-8,10H,9,11H2,1-3H3/p+1. The lowest BCUT2D eigenvalue weighted by molar-refractivity contribution is -0.917. The zero-order valence-electron chi connectivity index (χ0n) is 13.5. The van der Waals surface area contributed by atoms with Crippen LogP contribution in [0.15, 0.2) is 35.0 Å². The Bertz CT molecular complexity index is 848. The van der Waals surface area contributed by atoms with E-state index in [1.165, 1.54) is 16.0 Å². The van der Waals surface area contributed by atoms with Gasteiger partial charge in [0.15, 0.2) is 6.67 Å². The minimum atomic E-state index is 0.628. The molecule has 2 aromatic heterocycles. The van der Waals surface area contributed by atoms with Gasteiger partial charge in [0.1, 0.15) is 6.54 Å². The fourth-order valence-corrected chi connectivity index (χ4v) is 3.43. The first-order chi connectivity index (χ1) is 11.0. The summed E-state index contributed by atoms with van der Waals surface area (Å²) in [7, 11) is 2.14. The molecule has 1 atom stereocenters. The average molecular weight is 347 g/mol. The van der Waals surface area contributed by atoms with Crippen molar-refractivity contribution < 1.29 is 4.90 Å². The van der Waals surface area contributed by atoms with Crippen molar-refractivity contribution in [1.82, 2.24) is 19.8 Å². The minimum absolute atomic E-state index is 0.628. The molecule has 3 aromatic rings. The van der Waals surface area contributed by atoms with Crippen LogP contribution in [0.4, 0.5) is 0 Å². The second-order valence-corrected chi connectivity index (χ2v) is 7.03. The Balaban J connectivity index is 1.82. The molecule has 0 bridgehead atoms. The van der Waals surface area contributed by atoms with E-state index < -0.39 is 0 Å². The van der Waals surface area contributed by atoms with E-state index in [-0.39, 0.29) is 0 Å². The molecule has 0 saturated carbocycles. The van der Waals surface area contributed by atoms with Gasteiger partial charge in [-0.1, -0.05) is 12.1 Å². The minimum Gasteiger partial charge on any atom is -0.315 e. The van der Waals surface area contributed by atoms with Crippen LogP contribution in [-0.2, 0) is 13.2 Å². The van der Waals surface area contributed by atoms with Gasteiger partial charge >= 0.3 is 0 Å². The van der Waals surface area contributed by atoms with Crippen molar-refractivity contribution in [2.45, 2.75) is 27.1 Å². The van der Waals surface area contributed by atoms with Crippen molar-refractivity contribution >= 4 is 23.6 Å². The normalized spacial score (nSPS) is 12.5. The molecule has 0 aliphatic carbocycles. The van der Waals surface area contributed by atoms with Gasteiger partial charge in [0.2, 0.25) is 4.77 Å². The molecule has 0 saturated heterocycles. The summed E-state index contributed by atoms with van der Waals surface area (Å²) in [5.41, 5.74) is 4.65. The van der Waals surface area contributed by atoms with Crippen LogP contribution >= 0.6 is 23.6 Å². The molecule has 0 radical (unpaired) electrons. The number of nitrogens with zero attached hydrogens (tertiary/aromatic N) is 4. The van der Waals surface area contributed by atoms with Gasteiger partial charge in [0.05, 0.1) is 12.7 Å². The second kappa shape index (κ2) is 6.74. The first-order valence-electron chi connectivity index (χ1n) is 7.47. The summed E-state index contributed by atoms with van der Waals surface area (Å²) in [6, 6.07) is 8.41. The van der Waals surface area contributed by atoms with Crippen LogP contribution < -0.4 is 4.90 Å². The summed E-state index contributed by atoms with van der Waals surface area (Å²) in [5.74, 6) is 0. The van der Waals surface area contributed by atoms with Crippen LogP contribution in [0.3, 0.4) is 0 Å². The topological polar surface area (TPSA) is 40.1 Å². The maximum Gasteiger partial charge on any atom is 0.225 e. The third kappa shape index (κ3) is 3.57. The van der Waals surface area contributed by atoms with Crippen molar-refractivity contribution in [2.24, 2.45) is 0 Å². The average Bonchev–Trinajstić information content (AvgIpc) is 3.13. The van der Waals surface area contributed by atoms with Crippen molar-refractivity contribution in [1.29, 1.82) is 0 Å². The molecule has 0 spiro atoms. The Hall–Kier alpha value is -1.83. The Morgan fingerprint density at radius 1 is 1.22 bits per heavy atom. The van der Waals surface area contributed by atoms with Crippen molar-refractivity contribution in [2.75, 3.05) is 7.05 Å². The predicted octanol–water partition coefficient (Wildman–Crippen LogP) is 2.15. The van der Waals surface area contributed by atoms with Gasteiger partial charge in [0, 0.05) is 5.56 Å². The first kappa shape index (κ1) is 16.0. The van der Waals surface area contributed by atoms with Crippen molar-refractivity contribution in [3.05, 3.63) is 56.5 Å². The van der Waals surface area contributed by atoms with E-state index in [2.05, 4.69) is 66.3 Å². The number of quaternary nitrogens is 1. The van der Waals surface area contributed by atoms with Crippen LogP contribution in [0.25, 0.3) is 5.69 Å². The third-order valence-electron chi connectivity index (χ3n) is 3.74. The molecule has 120 valence electrons. The fraction of sp³-hybridized carbons (Fsp3) is 0.312. The molecule has 1 unspecified atom stereocenters. The molecule has 5 nitrogen and oxygen atoms in total. The van der Waals surface area contributed by atoms with Gasteiger partial charge in [-0.3, -0.25) is 0 Å². The van der Waals surface area contributed by atoms with E-state index in [4.69, 9.17) is 12.2 Å². The number of aryl methyl sites for hydroxylation is 2. The number of tetrazole rings is 1. The van der Waals surface area contributed by atoms with E-state index in [1.807, 2.05) is 0 Å². The SMILES string of the molecule is Cc1ccc(C)c(-n2nnn(C[NH+](C)Cc3ccsc3)c2=S)c1. The molecule has 2 heterocycles. The Morgan fingerprint density at radius 3 is 2.78 bits per heavy atom. The van der Waals surface area contributed by atoms with Gasteiger partial charge in [-0.25, -0.2) is 0 Å². The van der Waals surface area contributed by atoms with Crippen LogP contribution in [0.2, 0.25) is 0 Å². The highest BCUT2D eigenvalue weighted by Crippen LogP contribution is 2.15. The molecule has 23 heavy (non-hydrogen) atoms. The molecule has 3 rings (SSSR count). The maximum absolute atomic E-state index is 5.57. The Morgan fingerprint density at radius 2 is 2.04 bits per heavy atom. The number of benzene rings is 1. The number of hydrogen-bond acceptors (Lipinski definition) is 4. The zero-order valence-corrected chi connectivity index (χ0v) is 15.1. The highest BCUT2D eigenvalue weighted by atomic mass is 32.1. The molecule has 0 amide bonds. The summed E-state index contributed by atoms with van der Waals surface area (Å²) in [4.78, 5) is 1.31. The highest BCUT2D eigenvalue weighted by molar-refractivity contribution is 7.71. The van der Waals surface area contributed by atoms with Crippen LogP contribution in [0, 0.1) is 18.6 Å². The van der Waals surface area contributed by atoms with Gasteiger partial charge in [-0.15, -0.1) is 0 Å². The lowest BCUT2D eigenvalue weighted by Crippen LogP contribution is -3.06. The zero-order chi connectivity index (χ0) is 16.4. The summed E-state index contributed by atoms with van der Waals surface area (Å²) in [6.45, 7) is 5.76. The molecule has 0 aliphatic rings. The molecule has 1 N–H and O–H groups in total. The number of aromatic nitrogens is 4. The second-order valence-electron chi connectivity index (χ2n) is 5.89. The van der Waals surface area contributed by atoms with Gasteiger partial charge in [-0.2, -0.15) is 20.7 Å². The number of thiophene rings is 1. The molecule has 0 fully saturated rings. The van der Waals surface area contributed by atoms with Crippen LogP contribution in [0.1, 0.15) is 16.7 Å². The Labute approximate surface area is 144 Å². The molecule has 7 heteroatoms. The molecule has 1 aromatic carbocycles. The lowest BCUT2D eigenvalue weighted by Gasteiger charge is -2.12. The molecule has 0 aliphatic heterocycles. The number of nitrogens with one attached hydrogen (secondary N) is 1. The van der Waals surface area contributed by atoms with Crippen molar-refractivity contribution in [3.8, 4) is 5.69 Å². The van der Waals surface area contributed by atoms with Gasteiger partial charge in [0.25, 0.3) is 0 Å². The van der Waals surface area contributed by atoms with Gasteiger partial charge in [-0.05, 0) is 70.5 Å². The highest BCUT2D eigenvalue weighted by Gasteiger charge is 2.12. The van der Waals surface area contributed by atoms with Crippen molar-refractivity contribution in [3.63, 3.8) is 0 Å². The fourth-order valence-electron chi connectivity index (χ4n) is 2.53. The Kier molecular flexibility index (Phi) is 4.70. The summed E-state index contributed by atoms with van der Waals surface area (Å²) >= 11 is 7.29. The van der Waals surface area contributed by atoms with Gasteiger partial charge < -0.3 is 4.90 Å². The van der Waals surface area contributed by atoms with E-state index >= 15 is 0 Å². The van der Waals surface area contributed by atoms with E-state index in [0.717, 1.165) is 17.8 Å². The predicted molar refractivity (Wildman–Crippen MR) is 94.6 cm³/mol. The largest absolute Gasteiger partial charge is 0.315 e. The summed E-state index contributed by atoms with van der Waals surface area (Å²) < 4.78 is 4.16. The van der Waals surface area contributed by atoms with Crippen LogP contribution in [0.5, 0.6) is 0 Å².